The number of amides is 1. The summed E-state index contributed by atoms with van der Waals surface area (Å²) in [5, 5.41) is 0.481. The first-order chi connectivity index (χ1) is 12.4. The van der Waals surface area contributed by atoms with Crippen molar-refractivity contribution in [1.29, 1.82) is 0 Å². The molecule has 26 heavy (non-hydrogen) atoms. The smallest absolute Gasteiger partial charge is 0.349 e. The number of ether oxygens (including phenoxy) is 2. The van der Waals surface area contributed by atoms with Crippen LogP contribution in [0.15, 0.2) is 57.7 Å². The highest BCUT2D eigenvalue weighted by Crippen LogP contribution is 2.21. The fourth-order valence-corrected chi connectivity index (χ4v) is 2.34. The van der Waals surface area contributed by atoms with Crippen LogP contribution >= 0.6 is 0 Å². The number of fused-ring (bicyclic) bond motifs is 1. The van der Waals surface area contributed by atoms with Crippen molar-refractivity contribution in [2.45, 2.75) is 6.92 Å². The monoisotopic (exact) mass is 353 g/mol. The molecule has 0 atom stereocenters. The van der Waals surface area contributed by atoms with Crippen LogP contribution < -0.4 is 20.8 Å². The predicted molar refractivity (Wildman–Crippen MR) is 93.3 cm³/mol. The highest BCUT2D eigenvalue weighted by Gasteiger charge is 2.12. The molecule has 3 rings (SSSR count). The van der Waals surface area contributed by atoms with E-state index >= 15 is 0 Å². The molecule has 0 spiro atoms. The molecular formula is C19H15NO6. The third-order valence-electron chi connectivity index (χ3n) is 3.64. The summed E-state index contributed by atoms with van der Waals surface area (Å²) in [6.45, 7) is 1.60. The summed E-state index contributed by atoms with van der Waals surface area (Å²) in [5.74, 6) is -0.702. The fraction of sp³-hybridized carbons (Fsp3) is 0.105. The maximum atomic E-state index is 11.9. The van der Waals surface area contributed by atoms with Crippen molar-refractivity contribution in [2.75, 3.05) is 6.61 Å². The Morgan fingerprint density at radius 1 is 1.12 bits per heavy atom. The number of esters is 1. The van der Waals surface area contributed by atoms with Crippen LogP contribution in [-0.4, -0.2) is 18.5 Å². The maximum absolute atomic E-state index is 11.9. The molecule has 0 unspecified atom stereocenters. The van der Waals surface area contributed by atoms with E-state index in [9.17, 15) is 14.4 Å². The van der Waals surface area contributed by atoms with Crippen molar-refractivity contribution in [3.8, 4) is 11.5 Å². The van der Waals surface area contributed by atoms with Crippen LogP contribution in [0, 0.1) is 6.92 Å². The first kappa shape index (κ1) is 17.2. The zero-order valence-electron chi connectivity index (χ0n) is 13.9. The molecular weight excluding hydrogens is 338 g/mol. The zero-order chi connectivity index (χ0) is 18.7. The second-order valence-electron chi connectivity index (χ2n) is 5.54. The van der Waals surface area contributed by atoms with Gasteiger partial charge >= 0.3 is 11.6 Å². The van der Waals surface area contributed by atoms with E-state index in [1.54, 1.807) is 18.2 Å². The van der Waals surface area contributed by atoms with E-state index in [1.165, 1.54) is 18.2 Å². The van der Waals surface area contributed by atoms with Gasteiger partial charge in [0.05, 0.1) is 0 Å². The third kappa shape index (κ3) is 3.72. The number of para-hydroxylation sites is 1. The number of nitrogens with two attached hydrogens (primary N) is 1. The van der Waals surface area contributed by atoms with Gasteiger partial charge < -0.3 is 19.6 Å². The molecule has 0 saturated heterocycles. The number of benzene rings is 2. The normalized spacial score (nSPS) is 10.5. The highest BCUT2D eigenvalue weighted by molar-refractivity contribution is 5.95. The summed E-state index contributed by atoms with van der Waals surface area (Å²) < 4.78 is 15.6. The van der Waals surface area contributed by atoms with Crippen molar-refractivity contribution in [3.63, 3.8) is 0 Å². The SMILES string of the molecule is Cc1ccccc1OCC(=O)Oc1ccc2cc(C(N)=O)c(=O)oc2c1. The van der Waals surface area contributed by atoms with Crippen LogP contribution in [0.3, 0.4) is 0 Å². The maximum Gasteiger partial charge on any atom is 0.349 e. The number of aryl methyl sites for hydroxylation is 1. The Kier molecular flexibility index (Phi) is 4.70. The molecule has 0 saturated carbocycles. The Hall–Kier alpha value is -3.61. The van der Waals surface area contributed by atoms with Crippen molar-refractivity contribution in [1.82, 2.24) is 0 Å². The third-order valence-corrected chi connectivity index (χ3v) is 3.64. The molecule has 0 bridgehead atoms. The minimum atomic E-state index is -0.871. The molecule has 1 heterocycles. The van der Waals surface area contributed by atoms with Gasteiger partial charge in [-0.3, -0.25) is 4.79 Å². The van der Waals surface area contributed by atoms with Crippen LogP contribution in [0.1, 0.15) is 15.9 Å². The van der Waals surface area contributed by atoms with Crippen molar-refractivity contribution in [2.24, 2.45) is 5.73 Å². The summed E-state index contributed by atoms with van der Waals surface area (Å²) in [4.78, 5) is 34.8. The van der Waals surface area contributed by atoms with Gasteiger partial charge in [0.2, 0.25) is 0 Å². The zero-order valence-corrected chi connectivity index (χ0v) is 13.9. The van der Waals surface area contributed by atoms with E-state index in [2.05, 4.69) is 0 Å². The summed E-state index contributed by atoms with van der Waals surface area (Å²) in [6.07, 6.45) is 0. The molecule has 3 aromatic rings. The molecule has 7 nitrogen and oxygen atoms in total. The Balaban J connectivity index is 1.73. The largest absolute Gasteiger partial charge is 0.482 e. The van der Waals surface area contributed by atoms with Crippen LogP contribution in [0.2, 0.25) is 0 Å². The lowest BCUT2D eigenvalue weighted by molar-refractivity contribution is -0.136. The molecule has 2 N–H and O–H groups in total. The van der Waals surface area contributed by atoms with Gasteiger partial charge in [0.1, 0.15) is 22.6 Å². The summed E-state index contributed by atoms with van der Waals surface area (Å²) in [7, 11) is 0. The molecule has 0 aliphatic heterocycles. The second-order valence-corrected chi connectivity index (χ2v) is 5.54. The summed E-state index contributed by atoms with van der Waals surface area (Å²) in [5.41, 5.74) is 5.09. The molecule has 0 fully saturated rings. The lowest BCUT2D eigenvalue weighted by atomic mass is 10.2. The van der Waals surface area contributed by atoms with Crippen LogP contribution in [0.5, 0.6) is 11.5 Å². The van der Waals surface area contributed by atoms with E-state index < -0.39 is 17.5 Å². The van der Waals surface area contributed by atoms with E-state index in [1.807, 2.05) is 19.1 Å². The molecule has 1 aromatic heterocycles. The number of rotatable bonds is 5. The van der Waals surface area contributed by atoms with E-state index in [-0.39, 0.29) is 23.5 Å². The minimum absolute atomic E-state index is 0.171. The van der Waals surface area contributed by atoms with E-state index in [0.717, 1.165) is 5.56 Å². The number of hydrogen-bond donors (Lipinski definition) is 1. The number of hydrogen-bond acceptors (Lipinski definition) is 6. The van der Waals surface area contributed by atoms with Gasteiger partial charge in [0, 0.05) is 11.5 Å². The Bertz CT molecular complexity index is 1050. The standard InChI is InChI=1S/C19H15NO6/c1-11-4-2-3-5-15(11)24-10-17(21)25-13-7-6-12-8-14(18(20)22)19(23)26-16(12)9-13/h2-9H,10H2,1H3,(H2,20,22). The average molecular weight is 353 g/mol. The minimum Gasteiger partial charge on any atom is -0.482 e. The first-order valence-corrected chi connectivity index (χ1v) is 7.71. The molecule has 0 radical (unpaired) electrons. The van der Waals surface area contributed by atoms with Gasteiger partial charge in [-0.2, -0.15) is 0 Å². The number of primary amides is 1. The van der Waals surface area contributed by atoms with Crippen LogP contribution in [-0.2, 0) is 4.79 Å². The first-order valence-electron chi connectivity index (χ1n) is 7.71. The highest BCUT2D eigenvalue weighted by atomic mass is 16.6. The van der Waals surface area contributed by atoms with Gasteiger partial charge in [0.25, 0.3) is 5.91 Å². The average Bonchev–Trinajstić information content (AvgIpc) is 2.60. The Labute approximate surface area is 147 Å². The van der Waals surface area contributed by atoms with Crippen molar-refractivity contribution in [3.05, 3.63) is 70.1 Å². The Morgan fingerprint density at radius 2 is 1.88 bits per heavy atom. The second kappa shape index (κ2) is 7.10. The van der Waals surface area contributed by atoms with Gasteiger partial charge in [-0.1, -0.05) is 18.2 Å². The predicted octanol–water partition coefficient (Wildman–Crippen LogP) is 2.18. The van der Waals surface area contributed by atoms with Gasteiger partial charge in [0.15, 0.2) is 6.61 Å². The molecule has 0 aliphatic rings. The Morgan fingerprint density at radius 3 is 2.62 bits per heavy atom. The van der Waals surface area contributed by atoms with Crippen LogP contribution in [0.25, 0.3) is 11.0 Å². The lowest BCUT2D eigenvalue weighted by Gasteiger charge is -2.09. The number of carbonyl (C=O) groups excluding carboxylic acids is 2. The fourth-order valence-electron chi connectivity index (χ4n) is 2.34. The van der Waals surface area contributed by atoms with Gasteiger partial charge in [-0.25, -0.2) is 9.59 Å². The molecule has 7 heteroatoms. The molecule has 132 valence electrons. The summed E-state index contributed by atoms with van der Waals surface area (Å²) in [6, 6.07) is 13.1. The van der Waals surface area contributed by atoms with Crippen molar-refractivity contribution >= 4 is 22.8 Å². The lowest BCUT2D eigenvalue weighted by Crippen LogP contribution is -2.20. The van der Waals surface area contributed by atoms with E-state index in [0.29, 0.717) is 11.1 Å². The van der Waals surface area contributed by atoms with Crippen molar-refractivity contribution < 1.29 is 23.5 Å². The number of carbonyl (C=O) groups is 2. The van der Waals surface area contributed by atoms with Gasteiger partial charge in [-0.15, -0.1) is 0 Å². The molecule has 2 aromatic carbocycles. The quantitative estimate of drug-likeness (QED) is 0.428. The summed E-state index contributed by atoms with van der Waals surface area (Å²) >= 11 is 0. The molecule has 1 amide bonds. The molecule has 0 aliphatic carbocycles. The topological polar surface area (TPSA) is 109 Å². The van der Waals surface area contributed by atoms with E-state index in [4.69, 9.17) is 19.6 Å². The van der Waals surface area contributed by atoms with Crippen LogP contribution in [0.4, 0.5) is 0 Å². The van der Waals surface area contributed by atoms with Gasteiger partial charge in [-0.05, 0) is 36.8 Å².